The summed E-state index contributed by atoms with van der Waals surface area (Å²) in [6.07, 6.45) is 0.897. The van der Waals surface area contributed by atoms with Crippen LogP contribution in [0.15, 0.2) is 84.9 Å². The number of fused-ring (bicyclic) bond motifs is 1. The molecule has 0 fully saturated rings. The van der Waals surface area contributed by atoms with Crippen LogP contribution in [0.25, 0.3) is 21.9 Å². The standard InChI is InChI=1S/C27H23FO3/c1-30-27(29)14-10-19-9-13-26(31-18-20-5-4-8-24(28)15-20)25(16-19)23-12-11-21-6-2-3-7-22(21)17-23/h2-9,11-13,15-17H,10,14,18H2,1H3. The summed E-state index contributed by atoms with van der Waals surface area (Å²) in [6.45, 7) is 0.264. The SMILES string of the molecule is COC(=O)CCc1ccc(OCc2cccc(F)c2)c(-c2ccc3ccccc3c2)c1. The van der Waals surface area contributed by atoms with Crippen LogP contribution in [0, 0.1) is 5.82 Å². The molecular weight excluding hydrogens is 391 g/mol. The van der Waals surface area contributed by atoms with Gasteiger partial charge < -0.3 is 9.47 Å². The molecule has 4 aromatic carbocycles. The van der Waals surface area contributed by atoms with Gasteiger partial charge in [0.1, 0.15) is 18.2 Å². The second-order valence-electron chi connectivity index (χ2n) is 7.39. The van der Waals surface area contributed by atoms with Crippen molar-refractivity contribution in [2.75, 3.05) is 7.11 Å². The van der Waals surface area contributed by atoms with Crippen LogP contribution in [0.5, 0.6) is 5.75 Å². The fraction of sp³-hybridized carbons (Fsp3) is 0.148. The Balaban J connectivity index is 1.67. The summed E-state index contributed by atoms with van der Waals surface area (Å²) in [5.74, 6) is 0.189. The molecule has 0 aromatic heterocycles. The molecule has 4 rings (SSSR count). The average molecular weight is 414 g/mol. The molecule has 0 saturated heterocycles. The van der Waals surface area contributed by atoms with E-state index in [-0.39, 0.29) is 18.4 Å². The lowest BCUT2D eigenvalue weighted by atomic mass is 9.97. The van der Waals surface area contributed by atoms with E-state index in [4.69, 9.17) is 9.47 Å². The second-order valence-corrected chi connectivity index (χ2v) is 7.39. The minimum absolute atomic E-state index is 0.237. The minimum Gasteiger partial charge on any atom is -0.488 e. The van der Waals surface area contributed by atoms with Crippen LogP contribution >= 0.6 is 0 Å². The molecule has 4 aromatic rings. The van der Waals surface area contributed by atoms with Crippen molar-refractivity contribution in [3.8, 4) is 16.9 Å². The minimum atomic E-state index is -0.283. The van der Waals surface area contributed by atoms with Crippen LogP contribution in [0.2, 0.25) is 0 Å². The Labute approximate surface area is 181 Å². The quantitative estimate of drug-likeness (QED) is 0.332. The maximum atomic E-state index is 13.5. The van der Waals surface area contributed by atoms with Gasteiger partial charge in [-0.1, -0.05) is 54.6 Å². The summed E-state index contributed by atoms with van der Waals surface area (Å²) in [5.41, 5.74) is 3.74. The molecule has 0 amide bonds. The summed E-state index contributed by atoms with van der Waals surface area (Å²) < 4.78 is 24.4. The first-order chi connectivity index (χ1) is 15.1. The molecule has 0 unspecified atom stereocenters. The normalized spacial score (nSPS) is 10.8. The molecule has 0 spiro atoms. The number of aryl methyl sites for hydroxylation is 1. The Hall–Kier alpha value is -3.66. The van der Waals surface area contributed by atoms with E-state index in [1.54, 1.807) is 6.07 Å². The Morgan fingerprint density at radius 2 is 1.68 bits per heavy atom. The van der Waals surface area contributed by atoms with Gasteiger partial charge in [-0.2, -0.15) is 0 Å². The highest BCUT2D eigenvalue weighted by Crippen LogP contribution is 2.34. The topological polar surface area (TPSA) is 35.5 Å². The zero-order valence-electron chi connectivity index (χ0n) is 17.3. The van der Waals surface area contributed by atoms with Gasteiger partial charge in [-0.3, -0.25) is 4.79 Å². The van der Waals surface area contributed by atoms with Gasteiger partial charge in [0.25, 0.3) is 0 Å². The highest BCUT2D eigenvalue weighted by molar-refractivity contribution is 5.88. The van der Waals surface area contributed by atoms with Crippen molar-refractivity contribution in [3.63, 3.8) is 0 Å². The average Bonchev–Trinajstić information content (AvgIpc) is 2.81. The molecule has 0 saturated carbocycles. The fourth-order valence-corrected chi connectivity index (χ4v) is 3.58. The number of carbonyl (C=O) groups is 1. The van der Waals surface area contributed by atoms with E-state index in [0.29, 0.717) is 18.6 Å². The van der Waals surface area contributed by atoms with Crippen molar-refractivity contribution in [1.82, 2.24) is 0 Å². The first kappa shape index (κ1) is 20.6. The number of carbonyl (C=O) groups excluding carboxylic acids is 1. The smallest absolute Gasteiger partial charge is 0.305 e. The molecule has 31 heavy (non-hydrogen) atoms. The molecule has 0 N–H and O–H groups in total. The van der Waals surface area contributed by atoms with Crippen molar-refractivity contribution in [3.05, 3.63) is 102 Å². The highest BCUT2D eigenvalue weighted by atomic mass is 19.1. The molecule has 0 aliphatic carbocycles. The number of benzene rings is 4. The van der Waals surface area contributed by atoms with Crippen LogP contribution in [0.4, 0.5) is 4.39 Å². The summed E-state index contributed by atoms with van der Waals surface area (Å²) >= 11 is 0. The number of ether oxygens (including phenoxy) is 2. The molecule has 3 nitrogen and oxygen atoms in total. The van der Waals surface area contributed by atoms with E-state index < -0.39 is 0 Å². The van der Waals surface area contributed by atoms with E-state index in [2.05, 4.69) is 30.3 Å². The summed E-state index contributed by atoms with van der Waals surface area (Å²) in [6, 6.07) is 26.8. The van der Waals surface area contributed by atoms with E-state index in [1.165, 1.54) is 19.2 Å². The first-order valence-electron chi connectivity index (χ1n) is 10.2. The predicted molar refractivity (Wildman–Crippen MR) is 120 cm³/mol. The van der Waals surface area contributed by atoms with Crippen molar-refractivity contribution in [2.45, 2.75) is 19.4 Å². The Morgan fingerprint density at radius 1 is 0.839 bits per heavy atom. The van der Waals surface area contributed by atoms with Crippen molar-refractivity contribution >= 4 is 16.7 Å². The van der Waals surface area contributed by atoms with Crippen LogP contribution < -0.4 is 4.74 Å². The second kappa shape index (κ2) is 9.43. The fourth-order valence-electron chi connectivity index (χ4n) is 3.58. The van der Waals surface area contributed by atoms with Crippen molar-refractivity contribution < 1.29 is 18.7 Å². The van der Waals surface area contributed by atoms with Gasteiger partial charge in [0.2, 0.25) is 0 Å². The number of hydrogen-bond donors (Lipinski definition) is 0. The van der Waals surface area contributed by atoms with Gasteiger partial charge >= 0.3 is 5.97 Å². The van der Waals surface area contributed by atoms with Crippen LogP contribution in [0.3, 0.4) is 0 Å². The summed E-state index contributed by atoms with van der Waals surface area (Å²) in [4.78, 5) is 11.6. The van der Waals surface area contributed by atoms with Crippen LogP contribution in [-0.4, -0.2) is 13.1 Å². The molecule has 4 heteroatoms. The Morgan fingerprint density at radius 3 is 2.48 bits per heavy atom. The van der Waals surface area contributed by atoms with Crippen LogP contribution in [0.1, 0.15) is 17.5 Å². The lowest BCUT2D eigenvalue weighted by Gasteiger charge is -2.14. The maximum absolute atomic E-state index is 13.5. The van der Waals surface area contributed by atoms with Crippen LogP contribution in [-0.2, 0) is 22.6 Å². The van der Waals surface area contributed by atoms with E-state index in [1.807, 2.05) is 36.4 Å². The number of methoxy groups -OCH3 is 1. The summed E-state index contributed by atoms with van der Waals surface area (Å²) in [7, 11) is 1.40. The first-order valence-corrected chi connectivity index (χ1v) is 10.2. The molecule has 0 aliphatic rings. The highest BCUT2D eigenvalue weighted by Gasteiger charge is 2.11. The van der Waals surface area contributed by atoms with E-state index in [9.17, 15) is 9.18 Å². The predicted octanol–water partition coefficient (Wildman–Crippen LogP) is 6.33. The maximum Gasteiger partial charge on any atom is 0.305 e. The van der Waals surface area contributed by atoms with E-state index >= 15 is 0 Å². The van der Waals surface area contributed by atoms with Gasteiger partial charge in [-0.15, -0.1) is 0 Å². The number of rotatable bonds is 7. The largest absolute Gasteiger partial charge is 0.488 e. The monoisotopic (exact) mass is 414 g/mol. The van der Waals surface area contributed by atoms with Gasteiger partial charge in [0.05, 0.1) is 7.11 Å². The molecule has 0 heterocycles. The van der Waals surface area contributed by atoms with Crippen molar-refractivity contribution in [2.24, 2.45) is 0 Å². The number of esters is 1. The molecule has 0 bridgehead atoms. The third-order valence-electron chi connectivity index (χ3n) is 5.23. The number of hydrogen-bond acceptors (Lipinski definition) is 3. The van der Waals surface area contributed by atoms with Gasteiger partial charge in [-0.05, 0) is 64.2 Å². The summed E-state index contributed by atoms with van der Waals surface area (Å²) in [5, 5.41) is 2.30. The third kappa shape index (κ3) is 5.10. The lowest BCUT2D eigenvalue weighted by molar-refractivity contribution is -0.140. The Bertz CT molecular complexity index is 1220. The van der Waals surface area contributed by atoms with Gasteiger partial charge in [-0.25, -0.2) is 4.39 Å². The van der Waals surface area contributed by atoms with Crippen molar-refractivity contribution in [1.29, 1.82) is 0 Å². The zero-order chi connectivity index (χ0) is 21.6. The molecule has 0 aliphatic heterocycles. The zero-order valence-corrected chi connectivity index (χ0v) is 17.3. The molecule has 156 valence electrons. The van der Waals surface area contributed by atoms with Gasteiger partial charge in [0.15, 0.2) is 0 Å². The van der Waals surface area contributed by atoms with E-state index in [0.717, 1.165) is 33.0 Å². The molecular formula is C27H23FO3. The molecule has 0 radical (unpaired) electrons. The third-order valence-corrected chi connectivity index (χ3v) is 5.23. The van der Waals surface area contributed by atoms with Gasteiger partial charge in [0, 0.05) is 12.0 Å². The molecule has 0 atom stereocenters. The number of halogens is 1. The Kier molecular flexibility index (Phi) is 6.27. The lowest BCUT2D eigenvalue weighted by Crippen LogP contribution is -2.02.